The lowest BCUT2D eigenvalue weighted by molar-refractivity contribution is -0.157. The summed E-state index contributed by atoms with van der Waals surface area (Å²) in [5, 5.41) is 10.1. The quantitative estimate of drug-likeness (QED) is 0.158. The average molecular weight is 689 g/mol. The number of carbonyl (C=O) groups is 2. The molecule has 14 nitrogen and oxygen atoms in total. The third kappa shape index (κ3) is 8.14. The second-order valence-electron chi connectivity index (χ2n) is 10.2. The molecule has 0 radical (unpaired) electrons. The Morgan fingerprint density at radius 3 is 2.13 bits per heavy atom. The third-order valence-corrected chi connectivity index (χ3v) is 7.16. The van der Waals surface area contributed by atoms with Crippen LogP contribution < -0.4 is 21.5 Å². The van der Waals surface area contributed by atoms with Gasteiger partial charge in [0, 0.05) is 11.6 Å². The zero-order valence-electron chi connectivity index (χ0n) is 25.8. The van der Waals surface area contributed by atoms with Crippen LogP contribution >= 0.6 is 23.2 Å². The van der Waals surface area contributed by atoms with Crippen LogP contribution in [-0.2, 0) is 37.1 Å². The molecule has 0 aliphatic rings. The first-order chi connectivity index (χ1) is 22.5. The van der Waals surface area contributed by atoms with Gasteiger partial charge in [0.05, 0.1) is 35.6 Å². The third-order valence-electron chi connectivity index (χ3n) is 6.60. The Morgan fingerprint density at radius 2 is 1.55 bits per heavy atom. The van der Waals surface area contributed by atoms with E-state index < -0.39 is 41.5 Å². The molecule has 0 atom stereocenters. The fourth-order valence-electron chi connectivity index (χ4n) is 4.35. The average Bonchev–Trinajstić information content (AvgIpc) is 3.03. The number of hydrogen-bond donors (Lipinski definition) is 1. The smallest absolute Gasteiger partial charge is 0.354 e. The predicted molar refractivity (Wildman–Crippen MR) is 170 cm³/mol. The van der Waals surface area contributed by atoms with E-state index in [0.29, 0.717) is 10.1 Å². The molecule has 0 saturated heterocycles. The summed E-state index contributed by atoms with van der Waals surface area (Å²) in [6.45, 7) is 5.92. The minimum absolute atomic E-state index is 0.00161. The van der Waals surface area contributed by atoms with Gasteiger partial charge in [0.25, 0.3) is 11.1 Å². The van der Waals surface area contributed by atoms with Crippen molar-refractivity contribution in [1.82, 2.24) is 24.5 Å². The summed E-state index contributed by atoms with van der Waals surface area (Å²) in [7, 11) is 0. The molecule has 2 aromatic heterocycles. The number of aromatic amines is 1. The Hall–Kier alpha value is -4.79. The van der Waals surface area contributed by atoms with E-state index >= 15 is 0 Å². The van der Waals surface area contributed by atoms with Crippen LogP contribution in [0.1, 0.15) is 56.4 Å². The number of nitrogens with one attached hydrogen (secondary N) is 1. The van der Waals surface area contributed by atoms with Crippen molar-refractivity contribution < 1.29 is 28.5 Å². The normalized spacial score (nSPS) is 11.1. The molecular formula is C31H31Cl2N5O9. The highest BCUT2D eigenvalue weighted by atomic mass is 35.5. The van der Waals surface area contributed by atoms with Crippen LogP contribution in [0.3, 0.4) is 0 Å². The number of hydrogen-bond acceptors (Lipinski definition) is 11. The Labute approximate surface area is 277 Å². The Kier molecular flexibility index (Phi) is 11.7. The van der Waals surface area contributed by atoms with Gasteiger partial charge in [-0.15, -0.1) is 5.10 Å². The summed E-state index contributed by atoms with van der Waals surface area (Å²) >= 11 is 13.1. The molecule has 16 heteroatoms. The summed E-state index contributed by atoms with van der Waals surface area (Å²) in [5.41, 5.74) is -1.99. The van der Waals surface area contributed by atoms with Crippen molar-refractivity contribution in [3.63, 3.8) is 0 Å². The molecule has 4 rings (SSSR count). The van der Waals surface area contributed by atoms with Crippen molar-refractivity contribution in [2.45, 2.75) is 52.9 Å². The maximum atomic E-state index is 13.7. The fourth-order valence-corrected chi connectivity index (χ4v) is 4.90. The van der Waals surface area contributed by atoms with Gasteiger partial charge >= 0.3 is 17.6 Å². The Bertz CT molecular complexity index is 1900. The number of carbonyl (C=O) groups excluding carboxylic acids is 2. The highest BCUT2D eigenvalue weighted by Crippen LogP contribution is 2.37. The summed E-state index contributed by atoms with van der Waals surface area (Å²) in [4.78, 5) is 65.4. The molecule has 4 aromatic rings. The van der Waals surface area contributed by atoms with Gasteiger partial charge in [0.15, 0.2) is 11.4 Å². The van der Waals surface area contributed by atoms with Crippen LogP contribution in [-0.4, -0.2) is 49.7 Å². The van der Waals surface area contributed by atoms with Gasteiger partial charge in [-0.1, -0.05) is 67.4 Å². The minimum atomic E-state index is -1.93. The van der Waals surface area contributed by atoms with E-state index in [4.69, 9.17) is 42.1 Å². The number of rotatable bonds is 13. The molecule has 0 spiro atoms. The summed E-state index contributed by atoms with van der Waals surface area (Å²) in [6, 6.07) is 13.0. The lowest BCUT2D eigenvalue weighted by Crippen LogP contribution is -2.46. The zero-order chi connectivity index (χ0) is 34.2. The number of halogens is 2. The van der Waals surface area contributed by atoms with E-state index in [2.05, 4.69) is 15.3 Å². The van der Waals surface area contributed by atoms with Crippen molar-refractivity contribution in [1.29, 1.82) is 0 Å². The van der Waals surface area contributed by atoms with E-state index in [1.165, 1.54) is 32.0 Å². The lowest BCUT2D eigenvalue weighted by Gasteiger charge is -2.18. The van der Waals surface area contributed by atoms with Gasteiger partial charge in [-0.3, -0.25) is 19.2 Å². The van der Waals surface area contributed by atoms with Gasteiger partial charge in [-0.25, -0.2) is 14.5 Å². The summed E-state index contributed by atoms with van der Waals surface area (Å²) in [6.07, 6.45) is 0. The van der Waals surface area contributed by atoms with Crippen molar-refractivity contribution in [3.05, 3.63) is 107 Å². The second kappa shape index (κ2) is 15.7. The number of ether oxygens (including phenoxy) is 4. The summed E-state index contributed by atoms with van der Waals surface area (Å²) in [5.74, 6) is -4.33. The molecule has 2 aromatic carbocycles. The van der Waals surface area contributed by atoms with Gasteiger partial charge < -0.3 is 18.9 Å². The molecule has 1 N–H and O–H groups in total. The monoisotopic (exact) mass is 687 g/mol. The van der Waals surface area contributed by atoms with E-state index in [1.54, 1.807) is 24.3 Å². The molecule has 0 unspecified atom stereocenters. The molecule has 47 heavy (non-hydrogen) atoms. The van der Waals surface area contributed by atoms with E-state index in [1.807, 2.05) is 19.9 Å². The van der Waals surface area contributed by atoms with Gasteiger partial charge in [0.2, 0.25) is 11.8 Å². The SMILES string of the molecule is CCOC(=O)C(C(=O)OCC)c1nn(-c2cc(Cl)c(Oc3cc(C(C)C)c(=O)[nH]n3)c(Cl)c2)c(=O)n(COCc2ccccc2)c1=O. The molecule has 248 valence electrons. The molecule has 0 aliphatic heterocycles. The Morgan fingerprint density at radius 1 is 0.936 bits per heavy atom. The minimum Gasteiger partial charge on any atom is -0.465 e. The molecule has 0 saturated carbocycles. The van der Waals surface area contributed by atoms with E-state index in [-0.39, 0.29) is 58.7 Å². The van der Waals surface area contributed by atoms with Crippen LogP contribution in [0.4, 0.5) is 0 Å². The number of esters is 2. The zero-order valence-corrected chi connectivity index (χ0v) is 27.3. The first-order valence-electron chi connectivity index (χ1n) is 14.4. The van der Waals surface area contributed by atoms with E-state index in [9.17, 15) is 24.0 Å². The highest BCUT2D eigenvalue weighted by molar-refractivity contribution is 6.37. The largest absolute Gasteiger partial charge is 0.465 e. The molecule has 0 aliphatic carbocycles. The van der Waals surface area contributed by atoms with Crippen molar-refractivity contribution in [2.24, 2.45) is 0 Å². The molecule has 0 bridgehead atoms. The molecule has 0 amide bonds. The number of H-pyrrole nitrogens is 1. The molecule has 0 fully saturated rings. The van der Waals surface area contributed by atoms with Gasteiger partial charge in [0.1, 0.15) is 6.73 Å². The highest BCUT2D eigenvalue weighted by Gasteiger charge is 2.37. The maximum absolute atomic E-state index is 13.7. The van der Waals surface area contributed by atoms with Crippen molar-refractivity contribution in [2.75, 3.05) is 13.2 Å². The second-order valence-corrected chi connectivity index (χ2v) is 11.0. The fraction of sp³-hybridized carbons (Fsp3) is 0.323. The van der Waals surface area contributed by atoms with Crippen LogP contribution in [0.2, 0.25) is 10.0 Å². The first-order valence-corrected chi connectivity index (χ1v) is 15.2. The summed E-state index contributed by atoms with van der Waals surface area (Å²) < 4.78 is 22.9. The maximum Gasteiger partial charge on any atom is 0.354 e. The van der Waals surface area contributed by atoms with Gasteiger partial charge in [-0.05, 0) is 37.5 Å². The standard InChI is InChI=1S/C31H31Cl2N5O9/c1-5-45-29(41)24(30(42)46-6-2)25-28(40)37(16-44-15-18-10-8-7-9-11-18)31(43)38(36-25)19-12-21(32)26(22(33)13-19)47-23-14-20(17(3)4)27(39)35-34-23/h7-14,17,24H,5-6,15-16H2,1-4H3,(H,35,39). The topological polar surface area (TPSA) is 174 Å². The van der Waals surface area contributed by atoms with Crippen molar-refractivity contribution in [3.8, 4) is 17.3 Å². The first kappa shape index (κ1) is 35.1. The molecular weight excluding hydrogens is 657 g/mol. The van der Waals surface area contributed by atoms with Crippen LogP contribution in [0.5, 0.6) is 11.6 Å². The number of nitrogens with zero attached hydrogens (tertiary/aromatic N) is 4. The Balaban J connectivity index is 1.84. The van der Waals surface area contributed by atoms with Crippen LogP contribution in [0, 0.1) is 0 Å². The number of aromatic nitrogens is 5. The van der Waals surface area contributed by atoms with Crippen LogP contribution in [0.15, 0.2) is 62.9 Å². The van der Waals surface area contributed by atoms with Crippen LogP contribution in [0.25, 0.3) is 5.69 Å². The van der Waals surface area contributed by atoms with Crippen molar-refractivity contribution >= 4 is 35.1 Å². The number of benzene rings is 2. The van der Waals surface area contributed by atoms with Gasteiger partial charge in [-0.2, -0.15) is 9.78 Å². The predicted octanol–water partition coefficient (Wildman–Crippen LogP) is 4.08. The molecule has 2 heterocycles. The lowest BCUT2D eigenvalue weighted by atomic mass is 10.1. The van der Waals surface area contributed by atoms with E-state index in [0.717, 1.165) is 10.2 Å².